The lowest BCUT2D eigenvalue weighted by Gasteiger charge is -2.34. The van der Waals surface area contributed by atoms with Gasteiger partial charge in [-0.05, 0) is 74.8 Å². The average Bonchev–Trinajstić information content (AvgIpc) is 3.20. The highest BCUT2D eigenvalue weighted by atomic mass is 19.1. The van der Waals surface area contributed by atoms with Gasteiger partial charge in [-0.1, -0.05) is 25.1 Å². The van der Waals surface area contributed by atoms with Gasteiger partial charge in [0.05, 0.1) is 11.4 Å². The molecule has 2 heterocycles. The number of hydrogen-bond acceptors (Lipinski definition) is 4. The van der Waals surface area contributed by atoms with Crippen LogP contribution in [0.5, 0.6) is 0 Å². The first-order chi connectivity index (χ1) is 16.0. The number of nitrogens with one attached hydrogen (secondary N) is 1. The Morgan fingerprint density at radius 2 is 2.03 bits per heavy atom. The van der Waals surface area contributed by atoms with Crippen LogP contribution in [-0.2, 0) is 4.79 Å². The van der Waals surface area contributed by atoms with Crippen molar-refractivity contribution in [1.29, 1.82) is 0 Å². The molecule has 0 unspecified atom stereocenters. The zero-order valence-corrected chi connectivity index (χ0v) is 19.0. The first-order valence-corrected chi connectivity index (χ1v) is 11.3. The number of imidazole rings is 1. The number of amides is 1. The van der Waals surface area contributed by atoms with Crippen LogP contribution in [0.4, 0.5) is 4.39 Å². The summed E-state index contributed by atoms with van der Waals surface area (Å²) in [5.74, 6) is 0.0127. The molecule has 1 saturated heterocycles. The molecule has 0 aliphatic carbocycles. The number of likely N-dealkylation sites (tertiary alicyclic amines) is 1. The van der Waals surface area contributed by atoms with Gasteiger partial charge in [-0.3, -0.25) is 10.0 Å². The number of aryl methyl sites for hydroxylation is 1. The summed E-state index contributed by atoms with van der Waals surface area (Å²) in [7, 11) is 0. The van der Waals surface area contributed by atoms with Gasteiger partial charge in [-0.25, -0.2) is 14.9 Å². The van der Waals surface area contributed by atoms with Crippen molar-refractivity contribution in [3.63, 3.8) is 0 Å². The summed E-state index contributed by atoms with van der Waals surface area (Å²) in [4.78, 5) is 18.8. The largest absolute Gasteiger partial charge is 0.319 e. The molecular weight excluding hydrogens is 419 g/mol. The fourth-order valence-electron chi connectivity index (χ4n) is 4.58. The third-order valence-electron chi connectivity index (χ3n) is 6.18. The SMILES string of the molecule is CCN1CCC[C@@H](n2c(-c3cccc(/C=C/C(=O)NO)c3)nc(C)c2-c2ccc(F)cc2)C1. The molecule has 3 aromatic rings. The smallest absolute Gasteiger partial charge is 0.267 e. The van der Waals surface area contributed by atoms with Crippen molar-refractivity contribution in [2.24, 2.45) is 0 Å². The fraction of sp³-hybridized carbons (Fsp3) is 0.308. The van der Waals surface area contributed by atoms with Gasteiger partial charge in [0, 0.05) is 29.8 Å². The van der Waals surface area contributed by atoms with Gasteiger partial charge in [0.1, 0.15) is 11.6 Å². The van der Waals surface area contributed by atoms with Crippen molar-refractivity contribution < 1.29 is 14.4 Å². The Kier molecular flexibility index (Phi) is 7.01. The second-order valence-electron chi connectivity index (χ2n) is 8.37. The number of likely N-dealkylation sites (N-methyl/N-ethyl adjacent to an activating group) is 1. The zero-order chi connectivity index (χ0) is 23.4. The summed E-state index contributed by atoms with van der Waals surface area (Å²) in [6.45, 7) is 7.20. The summed E-state index contributed by atoms with van der Waals surface area (Å²) < 4.78 is 16.0. The Labute approximate surface area is 193 Å². The Hall–Kier alpha value is -3.29. The number of nitrogens with zero attached hydrogens (tertiary/aromatic N) is 3. The molecule has 2 N–H and O–H groups in total. The Morgan fingerprint density at radius 1 is 1.24 bits per heavy atom. The second kappa shape index (κ2) is 10.1. The maximum absolute atomic E-state index is 13.6. The molecule has 0 bridgehead atoms. The van der Waals surface area contributed by atoms with Crippen molar-refractivity contribution in [2.75, 3.05) is 19.6 Å². The second-order valence-corrected chi connectivity index (χ2v) is 8.37. The van der Waals surface area contributed by atoms with Gasteiger partial charge >= 0.3 is 0 Å². The van der Waals surface area contributed by atoms with E-state index in [1.54, 1.807) is 11.6 Å². The average molecular weight is 449 g/mol. The maximum Gasteiger partial charge on any atom is 0.267 e. The zero-order valence-electron chi connectivity index (χ0n) is 19.0. The lowest BCUT2D eigenvalue weighted by atomic mass is 10.0. The van der Waals surface area contributed by atoms with E-state index in [0.717, 1.165) is 66.4 Å². The van der Waals surface area contributed by atoms with Crippen LogP contribution in [0.25, 0.3) is 28.7 Å². The van der Waals surface area contributed by atoms with Gasteiger partial charge < -0.3 is 9.47 Å². The third kappa shape index (κ3) is 5.05. The highest BCUT2D eigenvalue weighted by Crippen LogP contribution is 2.36. The maximum atomic E-state index is 13.6. The number of carbonyl (C=O) groups excluding carboxylic acids is 1. The fourth-order valence-corrected chi connectivity index (χ4v) is 4.58. The quantitative estimate of drug-likeness (QED) is 0.322. The van der Waals surface area contributed by atoms with Crippen LogP contribution in [0.3, 0.4) is 0 Å². The minimum Gasteiger partial charge on any atom is -0.319 e. The van der Waals surface area contributed by atoms with Gasteiger partial charge in [0.2, 0.25) is 0 Å². The van der Waals surface area contributed by atoms with Crippen LogP contribution in [0.2, 0.25) is 0 Å². The molecule has 1 aliphatic rings. The number of hydroxylamine groups is 1. The van der Waals surface area contributed by atoms with Gasteiger partial charge in [-0.15, -0.1) is 0 Å². The molecule has 2 aromatic carbocycles. The molecule has 1 fully saturated rings. The summed E-state index contributed by atoms with van der Waals surface area (Å²) in [5.41, 5.74) is 6.21. The number of benzene rings is 2. The van der Waals surface area contributed by atoms with E-state index in [1.807, 2.05) is 43.3 Å². The molecule has 0 radical (unpaired) electrons. The van der Waals surface area contributed by atoms with E-state index in [-0.39, 0.29) is 11.9 Å². The normalized spacial score (nSPS) is 16.9. The predicted octanol–water partition coefficient (Wildman–Crippen LogP) is 4.84. The number of halogens is 1. The van der Waals surface area contributed by atoms with Crippen LogP contribution in [-0.4, -0.2) is 45.2 Å². The summed E-state index contributed by atoms with van der Waals surface area (Å²) >= 11 is 0. The topological polar surface area (TPSA) is 70.4 Å². The number of piperidine rings is 1. The lowest BCUT2D eigenvalue weighted by Crippen LogP contribution is -2.36. The van der Waals surface area contributed by atoms with E-state index < -0.39 is 5.91 Å². The molecule has 7 heteroatoms. The third-order valence-corrected chi connectivity index (χ3v) is 6.18. The number of rotatable bonds is 6. The van der Waals surface area contributed by atoms with E-state index in [0.29, 0.717) is 0 Å². The Balaban J connectivity index is 1.83. The lowest BCUT2D eigenvalue weighted by molar-refractivity contribution is -0.124. The van der Waals surface area contributed by atoms with Crippen molar-refractivity contribution in [2.45, 2.75) is 32.7 Å². The van der Waals surface area contributed by atoms with Crippen LogP contribution in [0.1, 0.15) is 37.1 Å². The molecule has 1 aromatic heterocycles. The summed E-state index contributed by atoms with van der Waals surface area (Å²) in [6.07, 6.45) is 5.08. The van der Waals surface area contributed by atoms with Crippen LogP contribution >= 0.6 is 0 Å². The van der Waals surface area contributed by atoms with Gasteiger partial charge in [0.25, 0.3) is 5.91 Å². The summed E-state index contributed by atoms with van der Waals surface area (Å²) in [5, 5.41) is 8.73. The van der Waals surface area contributed by atoms with Gasteiger partial charge in [-0.2, -0.15) is 0 Å². The molecule has 4 rings (SSSR count). The number of aromatic nitrogens is 2. The van der Waals surface area contributed by atoms with Crippen molar-refractivity contribution >= 4 is 12.0 Å². The highest BCUT2D eigenvalue weighted by Gasteiger charge is 2.27. The van der Waals surface area contributed by atoms with E-state index >= 15 is 0 Å². The van der Waals surface area contributed by atoms with E-state index in [9.17, 15) is 9.18 Å². The first kappa shape index (κ1) is 22.9. The molecule has 1 aliphatic heterocycles. The van der Waals surface area contributed by atoms with Crippen molar-refractivity contribution in [3.8, 4) is 22.6 Å². The molecule has 0 spiro atoms. The molecule has 6 nitrogen and oxygen atoms in total. The molecule has 0 saturated carbocycles. The Bertz CT molecular complexity index is 1150. The van der Waals surface area contributed by atoms with Crippen LogP contribution < -0.4 is 5.48 Å². The number of hydrogen-bond donors (Lipinski definition) is 2. The van der Waals surface area contributed by atoms with E-state index in [4.69, 9.17) is 10.2 Å². The monoisotopic (exact) mass is 448 g/mol. The summed E-state index contributed by atoms with van der Waals surface area (Å²) in [6, 6.07) is 14.7. The first-order valence-electron chi connectivity index (χ1n) is 11.3. The van der Waals surface area contributed by atoms with E-state index in [1.165, 1.54) is 18.2 Å². The molecule has 172 valence electrons. The standard InChI is InChI=1S/C26H29FN4O2/c1-3-30-15-5-8-23(17-30)31-25(20-10-12-22(27)13-11-20)18(2)28-26(31)21-7-4-6-19(16-21)9-14-24(32)29-33/h4,6-7,9-14,16,23,33H,3,5,8,15,17H2,1-2H3,(H,29,32)/b14-9+/t23-/m1/s1. The molecule has 1 amide bonds. The van der Waals surface area contributed by atoms with Gasteiger partial charge in [0.15, 0.2) is 0 Å². The van der Waals surface area contributed by atoms with E-state index in [2.05, 4.69) is 16.4 Å². The van der Waals surface area contributed by atoms with Crippen molar-refractivity contribution in [1.82, 2.24) is 19.9 Å². The number of carbonyl (C=O) groups is 1. The molecule has 33 heavy (non-hydrogen) atoms. The van der Waals surface area contributed by atoms with Crippen LogP contribution in [0, 0.1) is 12.7 Å². The van der Waals surface area contributed by atoms with Crippen LogP contribution in [0.15, 0.2) is 54.6 Å². The predicted molar refractivity (Wildman–Crippen MR) is 127 cm³/mol. The molecular formula is C26H29FN4O2. The minimum atomic E-state index is -0.585. The molecule has 1 atom stereocenters. The minimum absolute atomic E-state index is 0.245. The Morgan fingerprint density at radius 3 is 2.76 bits per heavy atom. The van der Waals surface area contributed by atoms with Crippen molar-refractivity contribution in [3.05, 3.63) is 71.7 Å². The highest BCUT2D eigenvalue weighted by molar-refractivity contribution is 5.91.